The number of nitrogens with one attached hydrogen (secondary N) is 1. The van der Waals surface area contributed by atoms with Crippen LogP contribution in [0.3, 0.4) is 0 Å². The molecule has 3 nitrogen and oxygen atoms in total. The molecule has 0 saturated carbocycles. The highest BCUT2D eigenvalue weighted by molar-refractivity contribution is 7.99. The van der Waals surface area contributed by atoms with Gasteiger partial charge in [0.15, 0.2) is 11.5 Å². The molecule has 0 aliphatic heterocycles. The summed E-state index contributed by atoms with van der Waals surface area (Å²) in [6.45, 7) is 5.35. The van der Waals surface area contributed by atoms with Gasteiger partial charge in [-0.1, -0.05) is 13.0 Å². The molecule has 102 valence electrons. The fourth-order valence-corrected chi connectivity index (χ4v) is 2.06. The average Bonchev–Trinajstić information content (AvgIpc) is 2.38. The van der Waals surface area contributed by atoms with Crippen molar-refractivity contribution in [3.8, 4) is 11.5 Å². The van der Waals surface area contributed by atoms with Crippen LogP contribution in [0.15, 0.2) is 18.2 Å². The maximum absolute atomic E-state index is 9.55. The predicted molar refractivity (Wildman–Crippen MR) is 78.7 cm³/mol. The minimum absolute atomic E-state index is 0.185. The Bertz CT molecular complexity index is 371. The quantitative estimate of drug-likeness (QED) is 0.797. The summed E-state index contributed by atoms with van der Waals surface area (Å²) in [4.78, 5) is 0. The van der Waals surface area contributed by atoms with Crippen molar-refractivity contribution in [3.63, 3.8) is 0 Å². The van der Waals surface area contributed by atoms with E-state index >= 15 is 0 Å². The molecule has 2 atom stereocenters. The molecule has 4 heteroatoms. The second kappa shape index (κ2) is 7.54. The number of methoxy groups -OCH3 is 1. The van der Waals surface area contributed by atoms with Gasteiger partial charge in [0.05, 0.1) is 7.11 Å². The number of phenols is 1. The Morgan fingerprint density at radius 3 is 2.72 bits per heavy atom. The van der Waals surface area contributed by atoms with Gasteiger partial charge in [0.2, 0.25) is 0 Å². The van der Waals surface area contributed by atoms with E-state index in [1.807, 2.05) is 23.9 Å². The van der Waals surface area contributed by atoms with Crippen molar-refractivity contribution in [1.82, 2.24) is 5.32 Å². The second-order valence-electron chi connectivity index (χ2n) is 4.44. The van der Waals surface area contributed by atoms with Crippen molar-refractivity contribution in [2.75, 3.05) is 19.9 Å². The van der Waals surface area contributed by atoms with Gasteiger partial charge in [0.1, 0.15) is 0 Å². The molecule has 0 heterocycles. The summed E-state index contributed by atoms with van der Waals surface area (Å²) >= 11 is 1.89. The summed E-state index contributed by atoms with van der Waals surface area (Å²) in [6, 6.07) is 5.74. The number of hydrogen-bond donors (Lipinski definition) is 2. The van der Waals surface area contributed by atoms with Crippen LogP contribution in [0.1, 0.15) is 31.9 Å². The number of ether oxygens (including phenoxy) is 1. The fraction of sp³-hybridized carbons (Fsp3) is 0.571. The smallest absolute Gasteiger partial charge is 0.160 e. The van der Waals surface area contributed by atoms with Crippen LogP contribution in [0, 0.1) is 0 Å². The SMILES string of the molecule is COc1cc(C(C)NCCC(C)SC)ccc1O. The summed E-state index contributed by atoms with van der Waals surface area (Å²) < 4.78 is 5.11. The van der Waals surface area contributed by atoms with Crippen molar-refractivity contribution in [1.29, 1.82) is 0 Å². The summed E-state index contributed by atoms with van der Waals surface area (Å²) in [5.74, 6) is 0.711. The van der Waals surface area contributed by atoms with Crippen LogP contribution in [0.25, 0.3) is 0 Å². The standard InChI is InChI=1S/C14H23NO2S/c1-10(18-4)7-8-15-11(2)12-5-6-13(16)14(9-12)17-3/h5-6,9-11,15-16H,7-8H2,1-4H3. The third-order valence-electron chi connectivity index (χ3n) is 3.11. The topological polar surface area (TPSA) is 41.5 Å². The zero-order valence-electron chi connectivity index (χ0n) is 11.6. The van der Waals surface area contributed by atoms with Gasteiger partial charge in [-0.2, -0.15) is 11.8 Å². The van der Waals surface area contributed by atoms with Crippen molar-refractivity contribution in [3.05, 3.63) is 23.8 Å². The molecule has 0 saturated heterocycles. The van der Waals surface area contributed by atoms with Gasteiger partial charge in [-0.05, 0) is 43.8 Å². The Morgan fingerprint density at radius 2 is 2.11 bits per heavy atom. The first kappa shape index (κ1) is 15.2. The molecule has 0 aliphatic carbocycles. The van der Waals surface area contributed by atoms with E-state index in [4.69, 9.17) is 4.74 Å². The lowest BCUT2D eigenvalue weighted by Crippen LogP contribution is -2.21. The van der Waals surface area contributed by atoms with Crippen LogP contribution in [0.2, 0.25) is 0 Å². The summed E-state index contributed by atoms with van der Waals surface area (Å²) in [6.07, 6.45) is 3.29. The van der Waals surface area contributed by atoms with E-state index in [9.17, 15) is 5.11 Å². The van der Waals surface area contributed by atoms with Crippen LogP contribution < -0.4 is 10.1 Å². The van der Waals surface area contributed by atoms with E-state index < -0.39 is 0 Å². The average molecular weight is 269 g/mol. The molecule has 0 aromatic heterocycles. The molecule has 0 bridgehead atoms. The number of aromatic hydroxyl groups is 1. The Labute approximate surface area is 114 Å². The summed E-state index contributed by atoms with van der Waals surface area (Å²) in [5.41, 5.74) is 1.13. The molecule has 0 fully saturated rings. The Hall–Kier alpha value is -0.870. The highest BCUT2D eigenvalue weighted by Gasteiger charge is 2.09. The van der Waals surface area contributed by atoms with E-state index in [1.54, 1.807) is 13.2 Å². The van der Waals surface area contributed by atoms with Crippen LogP contribution >= 0.6 is 11.8 Å². The Balaban J connectivity index is 2.53. The number of phenolic OH excluding ortho intramolecular Hbond substituents is 1. The molecule has 18 heavy (non-hydrogen) atoms. The number of rotatable bonds is 7. The molecule has 2 N–H and O–H groups in total. The molecule has 1 rings (SSSR count). The van der Waals surface area contributed by atoms with Gasteiger partial charge in [-0.25, -0.2) is 0 Å². The maximum Gasteiger partial charge on any atom is 0.160 e. The molecular formula is C14H23NO2S. The van der Waals surface area contributed by atoms with E-state index in [0.717, 1.165) is 18.5 Å². The largest absolute Gasteiger partial charge is 0.504 e. The molecule has 1 aromatic carbocycles. The highest BCUT2D eigenvalue weighted by Crippen LogP contribution is 2.28. The number of benzene rings is 1. The summed E-state index contributed by atoms with van der Waals surface area (Å²) in [5, 5.41) is 13.7. The lowest BCUT2D eigenvalue weighted by molar-refractivity contribution is 0.372. The highest BCUT2D eigenvalue weighted by atomic mass is 32.2. The minimum Gasteiger partial charge on any atom is -0.504 e. The van der Waals surface area contributed by atoms with Crippen LogP contribution in [-0.2, 0) is 0 Å². The van der Waals surface area contributed by atoms with Gasteiger partial charge in [-0.15, -0.1) is 0 Å². The minimum atomic E-state index is 0.185. The van der Waals surface area contributed by atoms with Gasteiger partial charge in [-0.3, -0.25) is 0 Å². The monoisotopic (exact) mass is 269 g/mol. The zero-order valence-corrected chi connectivity index (χ0v) is 12.4. The van der Waals surface area contributed by atoms with Crippen molar-refractivity contribution in [2.24, 2.45) is 0 Å². The van der Waals surface area contributed by atoms with E-state index in [1.165, 1.54) is 0 Å². The van der Waals surface area contributed by atoms with E-state index in [2.05, 4.69) is 25.4 Å². The van der Waals surface area contributed by atoms with Gasteiger partial charge < -0.3 is 15.2 Å². The molecule has 2 unspecified atom stereocenters. The van der Waals surface area contributed by atoms with E-state index in [-0.39, 0.29) is 11.8 Å². The zero-order chi connectivity index (χ0) is 13.5. The van der Waals surface area contributed by atoms with Crippen LogP contribution in [0.4, 0.5) is 0 Å². The van der Waals surface area contributed by atoms with Gasteiger partial charge >= 0.3 is 0 Å². The lowest BCUT2D eigenvalue weighted by atomic mass is 10.1. The second-order valence-corrected chi connectivity index (χ2v) is 5.72. The Kier molecular flexibility index (Phi) is 6.36. The lowest BCUT2D eigenvalue weighted by Gasteiger charge is -2.17. The van der Waals surface area contributed by atoms with E-state index in [0.29, 0.717) is 11.0 Å². The maximum atomic E-state index is 9.55. The van der Waals surface area contributed by atoms with Crippen molar-refractivity contribution < 1.29 is 9.84 Å². The first-order valence-electron chi connectivity index (χ1n) is 6.21. The number of hydrogen-bond acceptors (Lipinski definition) is 4. The third-order valence-corrected chi connectivity index (χ3v) is 4.15. The molecule has 1 aromatic rings. The van der Waals surface area contributed by atoms with Crippen molar-refractivity contribution >= 4 is 11.8 Å². The fourth-order valence-electron chi connectivity index (χ4n) is 1.70. The van der Waals surface area contributed by atoms with Crippen LogP contribution in [0.5, 0.6) is 11.5 Å². The molecule has 0 radical (unpaired) electrons. The third kappa shape index (κ3) is 4.42. The molecule has 0 spiro atoms. The number of thioether (sulfide) groups is 1. The molecule has 0 amide bonds. The molecular weight excluding hydrogens is 246 g/mol. The van der Waals surface area contributed by atoms with Gasteiger partial charge in [0.25, 0.3) is 0 Å². The van der Waals surface area contributed by atoms with Crippen LogP contribution in [-0.4, -0.2) is 30.3 Å². The van der Waals surface area contributed by atoms with Crippen molar-refractivity contribution in [2.45, 2.75) is 31.6 Å². The first-order valence-corrected chi connectivity index (χ1v) is 7.50. The first-order chi connectivity index (χ1) is 8.58. The van der Waals surface area contributed by atoms with Gasteiger partial charge in [0, 0.05) is 11.3 Å². The normalized spacial score (nSPS) is 14.2. The predicted octanol–water partition coefficient (Wildman–Crippen LogP) is 3.19. The molecule has 0 aliphatic rings. The Morgan fingerprint density at radius 1 is 1.39 bits per heavy atom. The summed E-state index contributed by atoms with van der Waals surface area (Å²) in [7, 11) is 1.57.